The van der Waals surface area contributed by atoms with Crippen LogP contribution in [-0.2, 0) is 14.2 Å². The minimum Gasteiger partial charge on any atom is -0.454 e. The lowest BCUT2D eigenvalue weighted by molar-refractivity contribution is -0.345. The van der Waals surface area contributed by atoms with Crippen LogP contribution < -0.4 is 10.2 Å². The zero-order valence-electron chi connectivity index (χ0n) is 19.9. The summed E-state index contributed by atoms with van der Waals surface area (Å²) in [6.45, 7) is -1.08. The zero-order chi connectivity index (χ0) is 27.0. The second-order valence-corrected chi connectivity index (χ2v) is 9.13. The topological polar surface area (TPSA) is 189 Å². The molecule has 12 heteroatoms. The van der Waals surface area contributed by atoms with Gasteiger partial charge in [-0.15, -0.1) is 0 Å². The molecule has 9 atom stereocenters. The minimum atomic E-state index is -1.74. The highest BCUT2D eigenvalue weighted by atomic mass is 16.8. The van der Waals surface area contributed by atoms with Crippen LogP contribution in [0.5, 0.6) is 5.75 Å². The summed E-state index contributed by atoms with van der Waals surface area (Å²) in [7, 11) is 0. The van der Waals surface area contributed by atoms with Gasteiger partial charge < -0.3 is 54.0 Å². The van der Waals surface area contributed by atoms with Gasteiger partial charge >= 0.3 is 0 Å². The average Bonchev–Trinajstić information content (AvgIpc) is 2.94. The van der Waals surface area contributed by atoms with Crippen molar-refractivity contribution in [2.24, 2.45) is 0 Å². The molecule has 0 radical (unpaired) electrons. The lowest BCUT2D eigenvalue weighted by Crippen LogP contribution is -2.64. The number of hydrogen-bond acceptors (Lipinski definition) is 12. The van der Waals surface area contributed by atoms with Crippen LogP contribution in [0.3, 0.4) is 0 Å². The van der Waals surface area contributed by atoms with E-state index in [0.29, 0.717) is 11.1 Å². The molecule has 2 fully saturated rings. The van der Waals surface area contributed by atoms with Crippen molar-refractivity contribution in [3.8, 4) is 17.1 Å². The highest BCUT2D eigenvalue weighted by Crippen LogP contribution is 2.34. The highest BCUT2D eigenvalue weighted by Gasteiger charge is 2.50. The van der Waals surface area contributed by atoms with Gasteiger partial charge in [-0.25, -0.2) is 0 Å². The quantitative estimate of drug-likeness (QED) is 0.230. The first-order valence-electron chi connectivity index (χ1n) is 12.0. The van der Waals surface area contributed by atoms with Crippen LogP contribution >= 0.6 is 0 Å². The van der Waals surface area contributed by atoms with E-state index in [2.05, 4.69) is 0 Å². The molecular formula is C26H28O12. The molecule has 9 unspecified atom stereocenters. The maximum atomic E-state index is 13.6. The Bertz CT molecular complexity index is 1300. The molecule has 12 nitrogen and oxygen atoms in total. The van der Waals surface area contributed by atoms with Crippen molar-refractivity contribution in [3.63, 3.8) is 0 Å². The smallest absolute Gasteiger partial charge is 0.235 e. The molecule has 1 aromatic heterocycles. The van der Waals surface area contributed by atoms with Crippen LogP contribution in [0.1, 0.15) is 0 Å². The zero-order valence-corrected chi connectivity index (χ0v) is 19.9. The van der Waals surface area contributed by atoms with Crippen molar-refractivity contribution in [2.75, 3.05) is 13.2 Å². The first-order valence-corrected chi connectivity index (χ1v) is 12.0. The van der Waals surface area contributed by atoms with E-state index >= 15 is 0 Å². The van der Waals surface area contributed by atoms with Gasteiger partial charge in [0.1, 0.15) is 42.2 Å². The van der Waals surface area contributed by atoms with Gasteiger partial charge in [-0.3, -0.25) is 4.79 Å². The van der Waals surface area contributed by atoms with Gasteiger partial charge in [0.2, 0.25) is 17.5 Å². The predicted molar refractivity (Wildman–Crippen MR) is 129 cm³/mol. The van der Waals surface area contributed by atoms with E-state index < -0.39 is 67.3 Å². The molecule has 3 heterocycles. The maximum Gasteiger partial charge on any atom is 0.235 e. The normalized spacial score (nSPS) is 33.8. The summed E-state index contributed by atoms with van der Waals surface area (Å²) in [5.41, 5.74) is 0.249. The third kappa shape index (κ3) is 4.94. The van der Waals surface area contributed by atoms with Gasteiger partial charge in [-0.2, -0.15) is 0 Å². The number of benzene rings is 2. The molecule has 2 aliphatic rings. The van der Waals surface area contributed by atoms with E-state index in [9.17, 15) is 35.4 Å². The van der Waals surface area contributed by atoms with Crippen molar-refractivity contribution in [1.29, 1.82) is 0 Å². The van der Waals surface area contributed by atoms with Crippen LogP contribution in [0.2, 0.25) is 0 Å². The summed E-state index contributed by atoms with van der Waals surface area (Å²) in [4.78, 5) is 13.6. The second-order valence-electron chi connectivity index (χ2n) is 9.13. The third-order valence-electron chi connectivity index (χ3n) is 6.60. The molecule has 2 aliphatic heterocycles. The summed E-state index contributed by atoms with van der Waals surface area (Å²) in [5.74, 6) is -0.223. The molecule has 0 saturated carbocycles. The Labute approximate surface area is 215 Å². The van der Waals surface area contributed by atoms with Gasteiger partial charge in [0.05, 0.1) is 18.6 Å². The molecule has 0 aliphatic carbocycles. The Balaban J connectivity index is 1.55. The van der Waals surface area contributed by atoms with Crippen molar-refractivity contribution >= 4 is 11.0 Å². The van der Waals surface area contributed by atoms with Crippen LogP contribution in [0, 0.1) is 0 Å². The monoisotopic (exact) mass is 532 g/mol. The minimum absolute atomic E-state index is 0.0605. The number of fused-ring (bicyclic) bond motifs is 1. The van der Waals surface area contributed by atoms with E-state index in [-0.39, 0.29) is 23.5 Å². The maximum absolute atomic E-state index is 13.6. The average molecular weight is 532 g/mol. The molecule has 2 saturated heterocycles. The van der Waals surface area contributed by atoms with Gasteiger partial charge in [0.25, 0.3) is 0 Å². The molecule has 3 aromatic rings. The third-order valence-corrected chi connectivity index (χ3v) is 6.60. The van der Waals surface area contributed by atoms with Gasteiger partial charge in [0, 0.05) is 5.56 Å². The van der Waals surface area contributed by atoms with Gasteiger partial charge in [-0.05, 0) is 12.1 Å². The summed E-state index contributed by atoms with van der Waals surface area (Å²) < 4.78 is 28.6. The van der Waals surface area contributed by atoms with E-state index in [1.165, 1.54) is 0 Å². The number of para-hydroxylation sites is 1. The van der Waals surface area contributed by atoms with Gasteiger partial charge in [-0.1, -0.05) is 42.5 Å². The Morgan fingerprint density at radius 3 is 2.29 bits per heavy atom. The number of rotatable bonds is 6. The van der Waals surface area contributed by atoms with Crippen LogP contribution in [0.15, 0.2) is 63.8 Å². The molecule has 204 valence electrons. The highest BCUT2D eigenvalue weighted by molar-refractivity contribution is 5.81. The number of hydrogen-bond donors (Lipinski definition) is 6. The van der Waals surface area contributed by atoms with E-state index in [1.807, 2.05) is 0 Å². The van der Waals surface area contributed by atoms with E-state index in [4.69, 9.17) is 23.4 Å². The Kier molecular flexibility index (Phi) is 7.77. The van der Waals surface area contributed by atoms with Crippen LogP contribution in [0.25, 0.3) is 22.3 Å². The van der Waals surface area contributed by atoms with Gasteiger partial charge in [0.15, 0.2) is 18.2 Å². The first-order chi connectivity index (χ1) is 18.3. The second kappa shape index (κ2) is 11.1. The molecule has 38 heavy (non-hydrogen) atoms. The summed E-state index contributed by atoms with van der Waals surface area (Å²) >= 11 is 0. The van der Waals surface area contributed by atoms with E-state index in [1.54, 1.807) is 54.6 Å². The van der Waals surface area contributed by atoms with Crippen LogP contribution in [-0.4, -0.2) is 99.2 Å². The van der Waals surface area contributed by atoms with E-state index in [0.717, 1.165) is 0 Å². The number of aliphatic hydroxyl groups excluding tert-OH is 6. The fourth-order valence-corrected chi connectivity index (χ4v) is 4.48. The molecule has 0 bridgehead atoms. The fraction of sp³-hybridized carbons (Fsp3) is 0.423. The summed E-state index contributed by atoms with van der Waals surface area (Å²) in [5, 5.41) is 61.3. The Morgan fingerprint density at radius 2 is 1.55 bits per heavy atom. The fourth-order valence-electron chi connectivity index (χ4n) is 4.48. The number of aliphatic hydroxyl groups is 6. The molecule has 0 spiro atoms. The van der Waals surface area contributed by atoms with Crippen molar-refractivity contribution in [2.45, 2.75) is 55.3 Å². The summed E-state index contributed by atoms with van der Waals surface area (Å²) in [6.07, 6.45) is -14.1. The number of ether oxygens (including phenoxy) is 4. The standard InChI is InChI=1S/C26H28O12/c27-10-16-19(31)20(32)24(38-25-21(33)18(30)14(28)11-34-25)26(36-16)37-23-17(29)13-8-4-5-9-15(13)35-22(23)12-6-2-1-3-7-12/h1-9,14,16,18-21,24-28,30-33H,10-11H2. The Morgan fingerprint density at radius 1 is 0.842 bits per heavy atom. The lowest BCUT2D eigenvalue weighted by atomic mass is 9.98. The largest absolute Gasteiger partial charge is 0.454 e. The van der Waals surface area contributed by atoms with Crippen LogP contribution in [0.4, 0.5) is 0 Å². The summed E-state index contributed by atoms with van der Waals surface area (Å²) in [6, 6.07) is 15.2. The molecule has 2 aromatic carbocycles. The molecular weight excluding hydrogens is 504 g/mol. The molecule has 5 rings (SSSR count). The van der Waals surface area contributed by atoms with Crippen molar-refractivity contribution in [3.05, 3.63) is 64.8 Å². The predicted octanol–water partition coefficient (Wildman–Crippen LogP) is -0.898. The molecule has 0 amide bonds. The van der Waals surface area contributed by atoms with Crippen molar-refractivity contribution in [1.82, 2.24) is 0 Å². The lowest BCUT2D eigenvalue weighted by Gasteiger charge is -2.44. The SMILES string of the molecule is O=c1c(OC2OC(CO)C(O)C(O)C2OC2OCC(O)C(O)C2O)c(-c2ccccc2)oc2ccccc12. The molecule has 6 N–H and O–H groups in total. The Hall–Kier alpha value is -2.91. The van der Waals surface area contributed by atoms with Crippen molar-refractivity contribution < 1.29 is 54.0 Å². The first kappa shape index (κ1) is 26.7.